The van der Waals surface area contributed by atoms with E-state index in [9.17, 15) is 18.5 Å². The van der Waals surface area contributed by atoms with E-state index in [0.29, 0.717) is 20.4 Å². The van der Waals surface area contributed by atoms with Gasteiger partial charge in [0.2, 0.25) is 15.2 Å². The Labute approximate surface area is 165 Å². The molecule has 0 unspecified atom stereocenters. The SMILES string of the molecule is CC(C)(C)NS(=O)(=O)c1ccc(Sc2nnc(NC3CC3)s2)c([N+](=O)[O-])c1. The molecule has 27 heavy (non-hydrogen) atoms. The largest absolute Gasteiger partial charge is 0.357 e. The summed E-state index contributed by atoms with van der Waals surface area (Å²) in [6.45, 7) is 5.10. The molecule has 0 atom stereocenters. The lowest BCUT2D eigenvalue weighted by Gasteiger charge is -2.20. The lowest BCUT2D eigenvalue weighted by molar-refractivity contribution is -0.388. The van der Waals surface area contributed by atoms with E-state index in [2.05, 4.69) is 20.2 Å². The molecular formula is C15H19N5O4S3. The van der Waals surface area contributed by atoms with Gasteiger partial charge in [0, 0.05) is 17.6 Å². The third kappa shape index (κ3) is 5.37. The number of nitrogens with one attached hydrogen (secondary N) is 2. The fourth-order valence-electron chi connectivity index (χ4n) is 2.16. The Morgan fingerprint density at radius 3 is 2.59 bits per heavy atom. The lowest BCUT2D eigenvalue weighted by atomic mass is 10.1. The molecule has 0 saturated heterocycles. The molecule has 1 aromatic heterocycles. The van der Waals surface area contributed by atoms with Gasteiger partial charge in [0.25, 0.3) is 5.69 Å². The second-order valence-electron chi connectivity index (χ2n) is 7.14. The molecule has 12 heteroatoms. The summed E-state index contributed by atoms with van der Waals surface area (Å²) >= 11 is 2.40. The monoisotopic (exact) mass is 429 g/mol. The lowest BCUT2D eigenvalue weighted by Crippen LogP contribution is -2.40. The molecule has 2 aromatic rings. The van der Waals surface area contributed by atoms with Crippen LogP contribution in [0.2, 0.25) is 0 Å². The van der Waals surface area contributed by atoms with Crippen molar-refractivity contribution in [3.8, 4) is 0 Å². The first-order valence-electron chi connectivity index (χ1n) is 8.14. The van der Waals surface area contributed by atoms with E-state index in [1.54, 1.807) is 20.8 Å². The minimum Gasteiger partial charge on any atom is -0.357 e. The smallest absolute Gasteiger partial charge is 0.284 e. The highest BCUT2D eigenvalue weighted by Gasteiger charge is 2.27. The second-order valence-corrected chi connectivity index (χ2v) is 11.1. The highest BCUT2D eigenvalue weighted by atomic mass is 32.2. The van der Waals surface area contributed by atoms with Crippen molar-refractivity contribution in [2.75, 3.05) is 5.32 Å². The van der Waals surface area contributed by atoms with E-state index in [4.69, 9.17) is 0 Å². The maximum Gasteiger partial charge on any atom is 0.284 e. The first kappa shape index (κ1) is 20.0. The van der Waals surface area contributed by atoms with E-state index in [-0.39, 0.29) is 10.6 Å². The number of sulfonamides is 1. The number of rotatable bonds is 7. The molecule has 1 aliphatic rings. The molecule has 3 rings (SSSR count). The highest BCUT2D eigenvalue weighted by molar-refractivity contribution is 8.01. The van der Waals surface area contributed by atoms with Crippen molar-refractivity contribution in [3.05, 3.63) is 28.3 Å². The summed E-state index contributed by atoms with van der Waals surface area (Å²) in [6.07, 6.45) is 2.21. The Morgan fingerprint density at radius 2 is 2.00 bits per heavy atom. The second kappa shape index (κ2) is 7.34. The van der Waals surface area contributed by atoms with Crippen LogP contribution < -0.4 is 10.0 Å². The molecule has 1 fully saturated rings. The Balaban J connectivity index is 1.85. The summed E-state index contributed by atoms with van der Waals surface area (Å²) in [7, 11) is -3.87. The molecule has 1 aliphatic carbocycles. The number of nitro groups is 1. The number of anilines is 1. The Bertz CT molecular complexity index is 964. The summed E-state index contributed by atoms with van der Waals surface area (Å²) in [5.41, 5.74) is -0.984. The van der Waals surface area contributed by atoms with Crippen LogP contribution in [-0.2, 0) is 10.0 Å². The molecule has 0 radical (unpaired) electrons. The van der Waals surface area contributed by atoms with Crippen molar-refractivity contribution in [2.24, 2.45) is 0 Å². The van der Waals surface area contributed by atoms with Gasteiger partial charge in [0.05, 0.1) is 14.7 Å². The molecule has 9 nitrogen and oxygen atoms in total. The van der Waals surface area contributed by atoms with Gasteiger partial charge in [-0.25, -0.2) is 13.1 Å². The van der Waals surface area contributed by atoms with Crippen LogP contribution in [0.3, 0.4) is 0 Å². The molecule has 0 aliphatic heterocycles. The Kier molecular flexibility index (Phi) is 5.43. The normalized spacial score (nSPS) is 14.9. The Morgan fingerprint density at radius 1 is 1.30 bits per heavy atom. The van der Waals surface area contributed by atoms with Crippen molar-refractivity contribution in [1.82, 2.24) is 14.9 Å². The fraction of sp³-hybridized carbons (Fsp3) is 0.467. The van der Waals surface area contributed by atoms with Crippen LogP contribution in [0.15, 0.2) is 32.3 Å². The summed E-state index contributed by atoms with van der Waals surface area (Å²) in [5.74, 6) is 0. The molecule has 2 N–H and O–H groups in total. The molecule has 0 bridgehead atoms. The Hall–Kier alpha value is -1.76. The van der Waals surface area contributed by atoms with Crippen molar-refractivity contribution in [2.45, 2.75) is 59.3 Å². The average Bonchev–Trinajstić information content (AvgIpc) is 3.23. The van der Waals surface area contributed by atoms with Gasteiger partial charge in [-0.05, 0) is 57.5 Å². The summed E-state index contributed by atoms with van der Waals surface area (Å²) in [6, 6.07) is 4.29. The van der Waals surface area contributed by atoms with Crippen molar-refractivity contribution in [3.63, 3.8) is 0 Å². The van der Waals surface area contributed by atoms with E-state index in [0.717, 1.165) is 30.7 Å². The van der Waals surface area contributed by atoms with Crippen molar-refractivity contribution >= 4 is 43.9 Å². The topological polar surface area (TPSA) is 127 Å². The number of hydrogen-bond acceptors (Lipinski definition) is 9. The number of benzene rings is 1. The van der Waals surface area contributed by atoms with Crippen LogP contribution in [0.25, 0.3) is 0 Å². The van der Waals surface area contributed by atoms with E-state index in [1.165, 1.54) is 23.5 Å². The van der Waals surface area contributed by atoms with E-state index >= 15 is 0 Å². The first-order valence-corrected chi connectivity index (χ1v) is 11.3. The van der Waals surface area contributed by atoms with Crippen LogP contribution in [0, 0.1) is 10.1 Å². The van der Waals surface area contributed by atoms with E-state index < -0.39 is 20.5 Å². The summed E-state index contributed by atoms with van der Waals surface area (Å²) in [4.78, 5) is 11.0. The van der Waals surface area contributed by atoms with Crippen LogP contribution in [0.4, 0.5) is 10.8 Å². The van der Waals surface area contributed by atoms with Gasteiger partial charge in [-0.3, -0.25) is 10.1 Å². The van der Waals surface area contributed by atoms with Crippen LogP contribution >= 0.6 is 23.1 Å². The molecule has 146 valence electrons. The zero-order valence-corrected chi connectivity index (χ0v) is 17.4. The maximum absolute atomic E-state index is 12.4. The van der Waals surface area contributed by atoms with Gasteiger partial charge >= 0.3 is 0 Å². The zero-order chi connectivity index (χ0) is 19.8. The quantitative estimate of drug-likeness (QED) is 0.507. The zero-order valence-electron chi connectivity index (χ0n) is 14.9. The summed E-state index contributed by atoms with van der Waals surface area (Å²) in [5, 5.41) is 23.4. The van der Waals surface area contributed by atoms with Crippen LogP contribution in [-0.4, -0.2) is 35.1 Å². The molecule has 0 amide bonds. The van der Waals surface area contributed by atoms with Gasteiger partial charge in [0.15, 0.2) is 4.34 Å². The minimum atomic E-state index is -3.87. The van der Waals surface area contributed by atoms with Crippen molar-refractivity contribution in [1.29, 1.82) is 0 Å². The van der Waals surface area contributed by atoms with Crippen LogP contribution in [0.1, 0.15) is 33.6 Å². The first-order chi connectivity index (χ1) is 12.5. The number of hydrogen-bond donors (Lipinski definition) is 2. The molecule has 1 saturated carbocycles. The van der Waals surface area contributed by atoms with Gasteiger partial charge < -0.3 is 5.32 Å². The predicted octanol–water partition coefficient (Wildman–Crippen LogP) is 3.25. The average molecular weight is 430 g/mol. The predicted molar refractivity (Wildman–Crippen MR) is 104 cm³/mol. The molecule has 1 heterocycles. The molecular weight excluding hydrogens is 410 g/mol. The van der Waals surface area contributed by atoms with Gasteiger partial charge in [0.1, 0.15) is 0 Å². The number of nitrogens with zero attached hydrogens (tertiary/aromatic N) is 3. The molecule has 1 aromatic carbocycles. The third-order valence-corrected chi connectivity index (χ3v) is 7.11. The van der Waals surface area contributed by atoms with Gasteiger partial charge in [-0.15, -0.1) is 10.2 Å². The van der Waals surface area contributed by atoms with Crippen molar-refractivity contribution < 1.29 is 13.3 Å². The maximum atomic E-state index is 12.4. The third-order valence-electron chi connectivity index (χ3n) is 3.39. The molecule has 0 spiro atoms. The number of nitro benzene ring substituents is 1. The van der Waals surface area contributed by atoms with Gasteiger partial charge in [-0.1, -0.05) is 11.3 Å². The van der Waals surface area contributed by atoms with Gasteiger partial charge in [-0.2, -0.15) is 0 Å². The standard InChI is InChI=1S/C15H19N5O4S3/c1-15(2,3)19-27(23,24)10-6-7-12(11(8-10)20(21)22)25-14-18-17-13(26-14)16-9-4-5-9/h6-9,19H,4-5H2,1-3H3,(H,16,17). The number of aromatic nitrogens is 2. The fourth-order valence-corrected chi connectivity index (χ4v) is 5.47. The van der Waals surface area contributed by atoms with Crippen LogP contribution in [0.5, 0.6) is 0 Å². The van der Waals surface area contributed by atoms with E-state index in [1.807, 2.05) is 0 Å². The minimum absolute atomic E-state index is 0.151. The highest BCUT2D eigenvalue weighted by Crippen LogP contribution is 2.39. The summed E-state index contributed by atoms with van der Waals surface area (Å²) < 4.78 is 27.9.